The number of carbonyl (C=O) groups excluding carboxylic acids is 1. The number of carbonyl (C=O) groups is 1. The molecule has 0 saturated heterocycles. The summed E-state index contributed by atoms with van der Waals surface area (Å²) < 4.78 is 27.2. The predicted octanol–water partition coefficient (Wildman–Crippen LogP) is 3.22. The van der Waals surface area contributed by atoms with E-state index in [0.717, 1.165) is 21.2 Å². The maximum Gasteiger partial charge on any atom is 0.233 e. The van der Waals surface area contributed by atoms with Crippen LogP contribution in [0, 0.1) is 0 Å². The summed E-state index contributed by atoms with van der Waals surface area (Å²) in [5.41, 5.74) is 1.60. The van der Waals surface area contributed by atoms with Crippen molar-refractivity contribution >= 4 is 48.7 Å². The Morgan fingerprint density at radius 2 is 1.81 bits per heavy atom. The number of nitrogens with one attached hydrogen (secondary N) is 2. The number of amides is 1. The second kappa shape index (κ2) is 8.22. The number of hydrogen-bond donors (Lipinski definition) is 2. The van der Waals surface area contributed by atoms with E-state index in [-0.39, 0.29) is 18.9 Å². The van der Waals surface area contributed by atoms with Gasteiger partial charge in [-0.1, -0.05) is 53.8 Å². The molecule has 26 heavy (non-hydrogen) atoms. The van der Waals surface area contributed by atoms with E-state index < -0.39 is 10.0 Å². The molecular weight excluding hydrogens is 370 g/mol. The topological polar surface area (TPSA) is 88.2 Å². The zero-order valence-electron chi connectivity index (χ0n) is 13.8. The summed E-state index contributed by atoms with van der Waals surface area (Å²) in [6.45, 7) is 0.0121. The fourth-order valence-electron chi connectivity index (χ4n) is 2.19. The number of thiazole rings is 1. The molecule has 0 aliphatic rings. The maximum atomic E-state index is 12.0. The van der Waals surface area contributed by atoms with Crippen LogP contribution in [0.2, 0.25) is 0 Å². The van der Waals surface area contributed by atoms with Gasteiger partial charge in [0.15, 0.2) is 5.13 Å². The van der Waals surface area contributed by atoms with E-state index in [0.29, 0.717) is 5.13 Å². The van der Waals surface area contributed by atoms with E-state index in [1.165, 1.54) is 17.4 Å². The van der Waals surface area contributed by atoms with Gasteiger partial charge in [-0.15, -0.1) is 0 Å². The molecule has 8 heteroatoms. The Balaban J connectivity index is 1.49. The lowest BCUT2D eigenvalue weighted by Gasteiger charge is -2.03. The highest BCUT2D eigenvalue weighted by Gasteiger charge is 2.10. The van der Waals surface area contributed by atoms with E-state index >= 15 is 0 Å². The van der Waals surface area contributed by atoms with E-state index in [1.54, 1.807) is 12.1 Å². The molecule has 0 saturated carbocycles. The van der Waals surface area contributed by atoms with Crippen LogP contribution in [0.25, 0.3) is 16.3 Å². The minimum Gasteiger partial charge on any atom is -0.302 e. The van der Waals surface area contributed by atoms with Crippen LogP contribution >= 0.6 is 11.3 Å². The first-order valence-corrected chi connectivity index (χ1v) is 10.3. The van der Waals surface area contributed by atoms with Gasteiger partial charge in [0, 0.05) is 18.4 Å². The molecule has 0 fully saturated rings. The van der Waals surface area contributed by atoms with Gasteiger partial charge >= 0.3 is 0 Å². The summed E-state index contributed by atoms with van der Waals surface area (Å²) in [7, 11) is -3.59. The highest BCUT2D eigenvalue weighted by Crippen LogP contribution is 2.25. The third-order valence-corrected chi connectivity index (χ3v) is 5.49. The Kier molecular flexibility index (Phi) is 5.77. The van der Waals surface area contributed by atoms with Gasteiger partial charge in [0.1, 0.15) is 0 Å². The van der Waals surface area contributed by atoms with Gasteiger partial charge in [0.2, 0.25) is 15.9 Å². The molecule has 0 spiro atoms. The largest absolute Gasteiger partial charge is 0.302 e. The summed E-state index contributed by atoms with van der Waals surface area (Å²) in [6.07, 6.45) is 1.53. The monoisotopic (exact) mass is 387 g/mol. The van der Waals surface area contributed by atoms with Crippen LogP contribution in [-0.4, -0.2) is 25.9 Å². The zero-order valence-corrected chi connectivity index (χ0v) is 15.4. The van der Waals surface area contributed by atoms with Gasteiger partial charge in [0.25, 0.3) is 0 Å². The van der Waals surface area contributed by atoms with Crippen LogP contribution in [0.5, 0.6) is 0 Å². The van der Waals surface area contributed by atoms with Gasteiger partial charge in [-0.2, -0.15) is 0 Å². The first-order valence-electron chi connectivity index (χ1n) is 7.90. The van der Waals surface area contributed by atoms with Gasteiger partial charge in [-0.05, 0) is 23.8 Å². The second-order valence-electron chi connectivity index (χ2n) is 5.44. The molecule has 1 aromatic heterocycles. The minimum atomic E-state index is -3.59. The number of benzene rings is 2. The van der Waals surface area contributed by atoms with Crippen LogP contribution in [0.15, 0.2) is 60.0 Å². The number of nitrogens with zero attached hydrogens (tertiary/aromatic N) is 1. The molecule has 2 N–H and O–H groups in total. The average Bonchev–Trinajstić information content (AvgIpc) is 3.03. The highest BCUT2D eigenvalue weighted by molar-refractivity contribution is 7.92. The van der Waals surface area contributed by atoms with Crippen molar-refractivity contribution in [3.8, 4) is 0 Å². The number of sulfonamides is 1. The van der Waals surface area contributed by atoms with Gasteiger partial charge in [-0.3, -0.25) is 4.79 Å². The molecule has 0 unspecified atom stereocenters. The predicted molar refractivity (Wildman–Crippen MR) is 105 cm³/mol. The number of rotatable bonds is 7. The fraction of sp³-hybridized carbons (Fsp3) is 0.111. The van der Waals surface area contributed by atoms with Crippen molar-refractivity contribution < 1.29 is 13.2 Å². The lowest BCUT2D eigenvalue weighted by atomic mass is 10.2. The standard InChI is InChI=1S/C18H17N3O3S2/c22-17(21-18-20-15-8-4-5-9-16(15)25-18)10-12-19-26(23,24)13-11-14-6-2-1-3-7-14/h1-9,11,13,19H,10,12H2,(H,20,21,22)/b13-11+. The van der Waals surface area contributed by atoms with Crippen molar-refractivity contribution in [3.63, 3.8) is 0 Å². The van der Waals surface area contributed by atoms with Crippen LogP contribution in [-0.2, 0) is 14.8 Å². The molecule has 0 atom stereocenters. The summed E-state index contributed by atoms with van der Waals surface area (Å²) in [5.74, 6) is -0.293. The zero-order chi connectivity index (χ0) is 18.4. The molecule has 0 radical (unpaired) electrons. The molecular formula is C18H17N3O3S2. The van der Waals surface area contributed by atoms with Crippen LogP contribution in [0.3, 0.4) is 0 Å². The first-order chi connectivity index (χ1) is 12.5. The third-order valence-electron chi connectivity index (χ3n) is 3.43. The van der Waals surface area contributed by atoms with Crippen LogP contribution in [0.1, 0.15) is 12.0 Å². The molecule has 1 heterocycles. The second-order valence-corrected chi connectivity index (χ2v) is 8.12. The molecule has 2 aromatic carbocycles. The van der Waals surface area contributed by atoms with Crippen molar-refractivity contribution in [1.82, 2.24) is 9.71 Å². The number of aromatic nitrogens is 1. The smallest absolute Gasteiger partial charge is 0.233 e. The molecule has 3 rings (SSSR count). The Morgan fingerprint density at radius 1 is 1.08 bits per heavy atom. The van der Waals surface area contributed by atoms with Crippen molar-refractivity contribution in [2.24, 2.45) is 0 Å². The quantitative estimate of drug-likeness (QED) is 0.652. The lowest BCUT2D eigenvalue weighted by molar-refractivity contribution is -0.116. The fourth-order valence-corrected chi connectivity index (χ4v) is 3.90. The Bertz CT molecular complexity index is 995. The molecule has 0 bridgehead atoms. The number of fused-ring (bicyclic) bond motifs is 1. The van der Waals surface area contributed by atoms with Crippen LogP contribution < -0.4 is 10.0 Å². The lowest BCUT2D eigenvalue weighted by Crippen LogP contribution is -2.26. The number of anilines is 1. The van der Waals surface area contributed by atoms with Crippen molar-refractivity contribution in [3.05, 3.63) is 65.6 Å². The summed E-state index contributed by atoms with van der Waals surface area (Å²) in [4.78, 5) is 16.3. The minimum absolute atomic E-state index is 0.0121. The van der Waals surface area contributed by atoms with E-state index in [4.69, 9.17) is 0 Å². The van der Waals surface area contributed by atoms with Gasteiger partial charge < -0.3 is 5.32 Å². The molecule has 6 nitrogen and oxygen atoms in total. The average molecular weight is 387 g/mol. The Hall–Kier alpha value is -2.55. The van der Waals surface area contributed by atoms with E-state index in [2.05, 4.69) is 15.0 Å². The maximum absolute atomic E-state index is 12.0. The number of para-hydroxylation sites is 1. The first kappa shape index (κ1) is 18.2. The van der Waals surface area contributed by atoms with E-state index in [9.17, 15) is 13.2 Å². The molecule has 134 valence electrons. The van der Waals surface area contributed by atoms with Gasteiger partial charge in [0.05, 0.1) is 10.2 Å². The summed E-state index contributed by atoms with van der Waals surface area (Å²) in [6, 6.07) is 16.7. The van der Waals surface area contributed by atoms with Gasteiger partial charge in [-0.25, -0.2) is 18.1 Å². The van der Waals surface area contributed by atoms with Crippen molar-refractivity contribution in [2.75, 3.05) is 11.9 Å². The molecule has 0 aliphatic heterocycles. The highest BCUT2D eigenvalue weighted by atomic mass is 32.2. The summed E-state index contributed by atoms with van der Waals surface area (Å²) in [5, 5.41) is 4.28. The number of hydrogen-bond acceptors (Lipinski definition) is 5. The Morgan fingerprint density at radius 3 is 2.58 bits per heavy atom. The molecule has 3 aromatic rings. The third kappa shape index (κ3) is 5.22. The Labute approximate surface area is 155 Å². The van der Waals surface area contributed by atoms with Crippen LogP contribution in [0.4, 0.5) is 5.13 Å². The molecule has 1 amide bonds. The van der Waals surface area contributed by atoms with Crippen molar-refractivity contribution in [1.29, 1.82) is 0 Å². The SMILES string of the molecule is O=C(CCNS(=O)(=O)/C=C/c1ccccc1)Nc1nc2ccccc2s1. The summed E-state index contributed by atoms with van der Waals surface area (Å²) >= 11 is 1.38. The van der Waals surface area contributed by atoms with E-state index in [1.807, 2.05) is 42.5 Å². The molecule has 0 aliphatic carbocycles. The van der Waals surface area contributed by atoms with Crippen molar-refractivity contribution in [2.45, 2.75) is 6.42 Å². The normalized spacial score (nSPS) is 11.8.